The summed E-state index contributed by atoms with van der Waals surface area (Å²) in [5, 5.41) is 13.6. The summed E-state index contributed by atoms with van der Waals surface area (Å²) in [6, 6.07) is 7.72. The fraction of sp³-hybridized carbons (Fsp3) is 0.450. The standard InChI is InChI=1S/C20H28N6O2/c1-2-21-20(22-9-3-12-26-13-4-10-24-26)23-11-14-28-17-6-7-18-16(15-17)5-8-19(27)25-18/h4,6-7,10,13,15H,2-3,5,8-9,11-12,14H2,1H3,(H,25,27)(H2,21,22,23). The average molecular weight is 384 g/mol. The highest BCUT2D eigenvalue weighted by molar-refractivity contribution is 5.94. The number of fused-ring (bicyclic) bond motifs is 1. The number of aromatic nitrogens is 2. The van der Waals surface area contributed by atoms with Crippen molar-refractivity contribution >= 4 is 17.6 Å². The predicted octanol–water partition coefficient (Wildman–Crippen LogP) is 1.79. The van der Waals surface area contributed by atoms with Crippen LogP contribution in [0, 0.1) is 0 Å². The molecular formula is C20H28N6O2. The van der Waals surface area contributed by atoms with Crippen molar-refractivity contribution in [3.8, 4) is 5.75 Å². The van der Waals surface area contributed by atoms with E-state index in [0.29, 0.717) is 19.6 Å². The maximum absolute atomic E-state index is 11.4. The minimum absolute atomic E-state index is 0.0743. The molecule has 0 radical (unpaired) electrons. The number of aryl methyl sites for hydroxylation is 2. The molecule has 1 aliphatic heterocycles. The predicted molar refractivity (Wildman–Crippen MR) is 110 cm³/mol. The number of aliphatic imine (C=N–C) groups is 1. The highest BCUT2D eigenvalue weighted by Gasteiger charge is 2.14. The Kier molecular flexibility index (Phi) is 7.29. The lowest BCUT2D eigenvalue weighted by atomic mass is 10.0. The zero-order chi connectivity index (χ0) is 19.6. The second kappa shape index (κ2) is 10.3. The van der Waals surface area contributed by atoms with E-state index >= 15 is 0 Å². The zero-order valence-electron chi connectivity index (χ0n) is 16.3. The molecular weight excluding hydrogens is 356 g/mol. The molecule has 3 N–H and O–H groups in total. The quantitative estimate of drug-likeness (QED) is 0.348. The minimum atomic E-state index is 0.0743. The Hall–Kier alpha value is -3.03. The van der Waals surface area contributed by atoms with Crippen molar-refractivity contribution in [3.63, 3.8) is 0 Å². The summed E-state index contributed by atoms with van der Waals surface area (Å²) in [5.74, 6) is 1.68. The van der Waals surface area contributed by atoms with Gasteiger partial charge in [-0.15, -0.1) is 0 Å². The van der Waals surface area contributed by atoms with E-state index < -0.39 is 0 Å². The molecule has 0 unspecified atom stereocenters. The first-order chi connectivity index (χ1) is 13.7. The smallest absolute Gasteiger partial charge is 0.224 e. The van der Waals surface area contributed by atoms with Crippen LogP contribution in [0.3, 0.4) is 0 Å². The summed E-state index contributed by atoms with van der Waals surface area (Å²) in [5.41, 5.74) is 2.01. The largest absolute Gasteiger partial charge is 0.492 e. The summed E-state index contributed by atoms with van der Waals surface area (Å²) >= 11 is 0. The van der Waals surface area contributed by atoms with Crippen molar-refractivity contribution in [2.45, 2.75) is 32.7 Å². The lowest BCUT2D eigenvalue weighted by molar-refractivity contribution is -0.116. The topological polar surface area (TPSA) is 92.6 Å². The van der Waals surface area contributed by atoms with Gasteiger partial charge in [-0.05, 0) is 49.6 Å². The molecule has 0 atom stereocenters. The number of benzene rings is 1. The number of hydrogen-bond donors (Lipinski definition) is 3. The summed E-state index contributed by atoms with van der Waals surface area (Å²) < 4.78 is 7.74. The SMILES string of the molecule is CCNC(=NCCCn1cccn1)NCCOc1ccc2c(c1)CCC(=O)N2. The Bertz CT molecular complexity index is 788. The van der Waals surface area contributed by atoms with Crippen LogP contribution in [0.5, 0.6) is 5.75 Å². The van der Waals surface area contributed by atoms with Crippen LogP contribution in [0.2, 0.25) is 0 Å². The van der Waals surface area contributed by atoms with Crippen LogP contribution in [0.25, 0.3) is 0 Å². The molecule has 0 bridgehead atoms. The van der Waals surface area contributed by atoms with Crippen molar-refractivity contribution in [2.24, 2.45) is 4.99 Å². The van der Waals surface area contributed by atoms with Gasteiger partial charge in [0.25, 0.3) is 0 Å². The number of amides is 1. The molecule has 28 heavy (non-hydrogen) atoms. The normalized spacial score (nSPS) is 13.6. The minimum Gasteiger partial charge on any atom is -0.492 e. The Morgan fingerprint density at radius 3 is 3.11 bits per heavy atom. The molecule has 1 aromatic carbocycles. The molecule has 0 saturated carbocycles. The van der Waals surface area contributed by atoms with Crippen LogP contribution in [-0.4, -0.2) is 47.9 Å². The third-order valence-corrected chi connectivity index (χ3v) is 4.35. The van der Waals surface area contributed by atoms with E-state index in [1.165, 1.54) is 0 Å². The van der Waals surface area contributed by atoms with E-state index in [2.05, 4.69) is 26.0 Å². The van der Waals surface area contributed by atoms with Gasteiger partial charge in [0.15, 0.2) is 5.96 Å². The van der Waals surface area contributed by atoms with E-state index in [1.54, 1.807) is 6.20 Å². The van der Waals surface area contributed by atoms with E-state index in [0.717, 1.165) is 55.4 Å². The summed E-state index contributed by atoms with van der Waals surface area (Å²) in [4.78, 5) is 16.0. The Labute approximate surface area is 165 Å². The Balaban J connectivity index is 1.39. The molecule has 150 valence electrons. The monoisotopic (exact) mass is 384 g/mol. The third-order valence-electron chi connectivity index (χ3n) is 4.35. The molecule has 0 spiro atoms. The van der Waals surface area contributed by atoms with Gasteiger partial charge in [0.2, 0.25) is 5.91 Å². The molecule has 1 amide bonds. The number of anilines is 1. The maximum Gasteiger partial charge on any atom is 0.224 e. The van der Waals surface area contributed by atoms with Crippen LogP contribution in [0.4, 0.5) is 5.69 Å². The number of rotatable bonds is 9. The van der Waals surface area contributed by atoms with Crippen LogP contribution in [0.1, 0.15) is 25.3 Å². The first kappa shape index (κ1) is 19.7. The van der Waals surface area contributed by atoms with Crippen LogP contribution < -0.4 is 20.7 Å². The van der Waals surface area contributed by atoms with Gasteiger partial charge in [0, 0.05) is 44.1 Å². The van der Waals surface area contributed by atoms with Crippen LogP contribution in [-0.2, 0) is 17.8 Å². The molecule has 0 fully saturated rings. The van der Waals surface area contributed by atoms with Gasteiger partial charge in [-0.1, -0.05) is 0 Å². The molecule has 2 heterocycles. The summed E-state index contributed by atoms with van der Waals surface area (Å²) in [6.07, 6.45) is 5.96. The fourth-order valence-electron chi connectivity index (χ4n) is 2.99. The number of nitrogens with zero attached hydrogens (tertiary/aromatic N) is 3. The summed E-state index contributed by atoms with van der Waals surface area (Å²) in [6.45, 7) is 5.62. The van der Waals surface area contributed by atoms with E-state index in [-0.39, 0.29) is 5.91 Å². The van der Waals surface area contributed by atoms with Gasteiger partial charge in [-0.2, -0.15) is 5.10 Å². The van der Waals surface area contributed by atoms with Crippen molar-refractivity contribution in [1.82, 2.24) is 20.4 Å². The molecule has 3 rings (SSSR count). The van der Waals surface area contributed by atoms with E-state index in [4.69, 9.17) is 4.74 Å². The number of hydrogen-bond acceptors (Lipinski definition) is 4. The highest BCUT2D eigenvalue weighted by atomic mass is 16.5. The number of nitrogens with one attached hydrogen (secondary N) is 3. The van der Waals surface area contributed by atoms with Gasteiger partial charge < -0.3 is 20.7 Å². The van der Waals surface area contributed by atoms with Gasteiger partial charge in [0.1, 0.15) is 12.4 Å². The zero-order valence-corrected chi connectivity index (χ0v) is 16.3. The summed E-state index contributed by atoms with van der Waals surface area (Å²) in [7, 11) is 0. The first-order valence-corrected chi connectivity index (χ1v) is 9.80. The van der Waals surface area contributed by atoms with Crippen molar-refractivity contribution in [3.05, 3.63) is 42.2 Å². The number of ether oxygens (including phenoxy) is 1. The van der Waals surface area contributed by atoms with Crippen molar-refractivity contribution < 1.29 is 9.53 Å². The van der Waals surface area contributed by atoms with Gasteiger partial charge in [-0.25, -0.2) is 0 Å². The lowest BCUT2D eigenvalue weighted by Crippen LogP contribution is -2.39. The molecule has 1 aliphatic rings. The maximum atomic E-state index is 11.4. The molecule has 8 nitrogen and oxygen atoms in total. The Morgan fingerprint density at radius 2 is 2.29 bits per heavy atom. The van der Waals surface area contributed by atoms with Crippen molar-refractivity contribution in [1.29, 1.82) is 0 Å². The van der Waals surface area contributed by atoms with Crippen LogP contribution >= 0.6 is 0 Å². The number of carbonyl (C=O) groups is 1. The molecule has 0 aliphatic carbocycles. The highest BCUT2D eigenvalue weighted by Crippen LogP contribution is 2.26. The molecule has 1 aromatic heterocycles. The van der Waals surface area contributed by atoms with Gasteiger partial charge >= 0.3 is 0 Å². The average Bonchev–Trinajstić information content (AvgIpc) is 3.22. The first-order valence-electron chi connectivity index (χ1n) is 9.80. The number of carbonyl (C=O) groups excluding carboxylic acids is 1. The van der Waals surface area contributed by atoms with Gasteiger partial charge in [-0.3, -0.25) is 14.5 Å². The fourth-order valence-corrected chi connectivity index (χ4v) is 2.99. The second-order valence-corrected chi connectivity index (χ2v) is 6.53. The van der Waals surface area contributed by atoms with E-state index in [9.17, 15) is 4.79 Å². The molecule has 2 aromatic rings. The molecule has 8 heteroatoms. The third kappa shape index (κ3) is 6.00. The van der Waals surface area contributed by atoms with E-state index in [1.807, 2.05) is 42.1 Å². The lowest BCUT2D eigenvalue weighted by Gasteiger charge is -2.18. The molecule has 0 saturated heterocycles. The number of guanidine groups is 1. The van der Waals surface area contributed by atoms with Crippen molar-refractivity contribution in [2.75, 3.05) is 31.6 Å². The van der Waals surface area contributed by atoms with Crippen LogP contribution in [0.15, 0.2) is 41.7 Å². The van der Waals surface area contributed by atoms with Gasteiger partial charge in [0.05, 0.1) is 6.54 Å². The Morgan fingerprint density at radius 1 is 1.36 bits per heavy atom. The second-order valence-electron chi connectivity index (χ2n) is 6.53.